The van der Waals surface area contributed by atoms with E-state index in [-0.39, 0.29) is 0 Å². The fourth-order valence-electron chi connectivity index (χ4n) is 2.22. The van der Waals surface area contributed by atoms with Crippen molar-refractivity contribution < 1.29 is 4.74 Å². The third-order valence-electron chi connectivity index (χ3n) is 3.52. The number of aromatic nitrogens is 1. The SMILES string of the molecule is Cc1cccc(COc2c(Br)cccc2CNC2CC2)n1. The normalized spacial score (nSPS) is 14.2. The van der Waals surface area contributed by atoms with Crippen LogP contribution in [0.25, 0.3) is 0 Å². The van der Waals surface area contributed by atoms with Gasteiger partial charge in [0.2, 0.25) is 0 Å². The first-order chi connectivity index (χ1) is 10.2. The van der Waals surface area contributed by atoms with Gasteiger partial charge < -0.3 is 10.1 Å². The second-order valence-corrected chi connectivity index (χ2v) is 6.30. The van der Waals surface area contributed by atoms with Gasteiger partial charge >= 0.3 is 0 Å². The Balaban J connectivity index is 1.70. The van der Waals surface area contributed by atoms with Crippen LogP contribution in [0.3, 0.4) is 0 Å². The van der Waals surface area contributed by atoms with Crippen molar-refractivity contribution in [3.05, 3.63) is 57.8 Å². The number of para-hydroxylation sites is 1. The molecule has 1 heterocycles. The van der Waals surface area contributed by atoms with E-state index in [1.807, 2.05) is 37.3 Å². The van der Waals surface area contributed by atoms with Crippen molar-refractivity contribution in [2.24, 2.45) is 0 Å². The third kappa shape index (κ3) is 4.05. The highest BCUT2D eigenvalue weighted by Gasteiger charge is 2.21. The molecule has 0 atom stereocenters. The topological polar surface area (TPSA) is 34.1 Å². The van der Waals surface area contributed by atoms with Gasteiger partial charge in [-0.15, -0.1) is 0 Å². The fraction of sp³-hybridized carbons (Fsp3) is 0.353. The number of hydrogen-bond acceptors (Lipinski definition) is 3. The first-order valence-corrected chi connectivity index (χ1v) is 8.08. The molecule has 0 saturated heterocycles. The molecule has 3 nitrogen and oxygen atoms in total. The van der Waals surface area contributed by atoms with E-state index in [1.165, 1.54) is 18.4 Å². The molecule has 0 amide bonds. The van der Waals surface area contributed by atoms with Crippen molar-refractivity contribution >= 4 is 15.9 Å². The zero-order valence-corrected chi connectivity index (χ0v) is 13.7. The van der Waals surface area contributed by atoms with Gasteiger partial charge in [-0.2, -0.15) is 0 Å². The summed E-state index contributed by atoms with van der Waals surface area (Å²) in [6.45, 7) is 3.33. The molecule has 0 unspecified atom stereocenters. The van der Waals surface area contributed by atoms with E-state index < -0.39 is 0 Å². The van der Waals surface area contributed by atoms with Gasteiger partial charge in [-0.3, -0.25) is 4.98 Å². The van der Waals surface area contributed by atoms with Crippen molar-refractivity contribution in [2.45, 2.75) is 39.0 Å². The smallest absolute Gasteiger partial charge is 0.138 e. The summed E-state index contributed by atoms with van der Waals surface area (Å²) < 4.78 is 7.00. The molecule has 0 spiro atoms. The minimum atomic E-state index is 0.487. The van der Waals surface area contributed by atoms with Crippen LogP contribution in [-0.4, -0.2) is 11.0 Å². The van der Waals surface area contributed by atoms with E-state index in [2.05, 4.69) is 32.3 Å². The molecule has 3 rings (SSSR count). The fourth-order valence-corrected chi connectivity index (χ4v) is 2.74. The van der Waals surface area contributed by atoms with E-state index in [9.17, 15) is 0 Å². The van der Waals surface area contributed by atoms with E-state index >= 15 is 0 Å². The van der Waals surface area contributed by atoms with Gasteiger partial charge in [0, 0.05) is 23.8 Å². The average molecular weight is 347 g/mol. The summed E-state index contributed by atoms with van der Waals surface area (Å²) in [6, 6.07) is 12.9. The lowest BCUT2D eigenvalue weighted by Gasteiger charge is -2.14. The summed E-state index contributed by atoms with van der Waals surface area (Å²) in [7, 11) is 0. The minimum Gasteiger partial charge on any atom is -0.486 e. The zero-order chi connectivity index (χ0) is 14.7. The van der Waals surface area contributed by atoms with Gasteiger partial charge in [-0.25, -0.2) is 0 Å². The lowest BCUT2D eigenvalue weighted by molar-refractivity contribution is 0.295. The molecule has 0 bridgehead atoms. The highest BCUT2D eigenvalue weighted by Crippen LogP contribution is 2.30. The van der Waals surface area contributed by atoms with Gasteiger partial charge in [0.05, 0.1) is 10.2 Å². The number of hydrogen-bond donors (Lipinski definition) is 1. The number of nitrogens with one attached hydrogen (secondary N) is 1. The summed E-state index contributed by atoms with van der Waals surface area (Å²) in [5.74, 6) is 0.911. The number of pyridine rings is 1. The first kappa shape index (κ1) is 14.5. The van der Waals surface area contributed by atoms with Crippen molar-refractivity contribution in [3.63, 3.8) is 0 Å². The Morgan fingerprint density at radius 1 is 1.24 bits per heavy atom. The molecule has 1 aliphatic carbocycles. The van der Waals surface area contributed by atoms with Crippen LogP contribution in [-0.2, 0) is 13.2 Å². The second-order valence-electron chi connectivity index (χ2n) is 5.44. The Hall–Kier alpha value is -1.39. The number of halogens is 1. The monoisotopic (exact) mass is 346 g/mol. The number of nitrogens with zero attached hydrogens (tertiary/aromatic N) is 1. The van der Waals surface area contributed by atoms with Gasteiger partial charge in [0.25, 0.3) is 0 Å². The van der Waals surface area contributed by atoms with Crippen LogP contribution >= 0.6 is 15.9 Å². The van der Waals surface area contributed by atoms with Crippen LogP contribution < -0.4 is 10.1 Å². The van der Waals surface area contributed by atoms with Crippen LogP contribution in [0, 0.1) is 6.92 Å². The Morgan fingerprint density at radius 2 is 2.05 bits per heavy atom. The number of ether oxygens (including phenoxy) is 1. The molecule has 1 aromatic carbocycles. The van der Waals surface area contributed by atoms with Crippen molar-refractivity contribution in [3.8, 4) is 5.75 Å². The molecule has 0 aliphatic heterocycles. The lowest BCUT2D eigenvalue weighted by atomic mass is 10.2. The van der Waals surface area contributed by atoms with E-state index in [0.29, 0.717) is 12.6 Å². The maximum atomic E-state index is 6.01. The van der Waals surface area contributed by atoms with Gasteiger partial charge in [-0.05, 0) is 53.9 Å². The molecule has 1 saturated carbocycles. The predicted octanol–water partition coefficient (Wildman–Crippen LogP) is 3.98. The molecule has 21 heavy (non-hydrogen) atoms. The Kier molecular flexibility index (Phi) is 4.56. The van der Waals surface area contributed by atoms with Crippen LogP contribution in [0.1, 0.15) is 29.8 Å². The van der Waals surface area contributed by atoms with Crippen LogP contribution in [0.15, 0.2) is 40.9 Å². The molecule has 110 valence electrons. The Morgan fingerprint density at radius 3 is 2.81 bits per heavy atom. The van der Waals surface area contributed by atoms with Crippen LogP contribution in [0.2, 0.25) is 0 Å². The van der Waals surface area contributed by atoms with Crippen molar-refractivity contribution in [2.75, 3.05) is 0 Å². The average Bonchev–Trinajstić information content (AvgIpc) is 3.28. The molecule has 1 fully saturated rings. The Bertz CT molecular complexity index is 626. The Labute approximate surface area is 133 Å². The van der Waals surface area contributed by atoms with Gasteiger partial charge in [0.1, 0.15) is 12.4 Å². The third-order valence-corrected chi connectivity index (χ3v) is 4.14. The maximum absolute atomic E-state index is 6.01. The zero-order valence-electron chi connectivity index (χ0n) is 12.1. The standard InChI is InChI=1S/C17H19BrN2O/c1-12-4-2-6-15(20-12)11-21-17-13(5-3-7-16(17)18)10-19-14-8-9-14/h2-7,14,19H,8-11H2,1H3. The molecule has 1 aromatic heterocycles. The lowest BCUT2D eigenvalue weighted by Crippen LogP contribution is -2.16. The highest BCUT2D eigenvalue weighted by atomic mass is 79.9. The van der Waals surface area contributed by atoms with Crippen molar-refractivity contribution in [1.82, 2.24) is 10.3 Å². The van der Waals surface area contributed by atoms with E-state index in [4.69, 9.17) is 4.74 Å². The van der Waals surface area contributed by atoms with E-state index in [0.717, 1.165) is 28.2 Å². The maximum Gasteiger partial charge on any atom is 0.138 e. The number of rotatable bonds is 6. The quantitative estimate of drug-likeness (QED) is 0.858. The molecule has 2 aromatic rings. The summed E-state index contributed by atoms with van der Waals surface area (Å²) in [4.78, 5) is 4.48. The number of benzene rings is 1. The molecule has 4 heteroatoms. The summed E-state index contributed by atoms with van der Waals surface area (Å²) in [5.41, 5.74) is 3.15. The van der Waals surface area contributed by atoms with Gasteiger partial charge in [0.15, 0.2) is 0 Å². The van der Waals surface area contributed by atoms with Crippen molar-refractivity contribution in [1.29, 1.82) is 0 Å². The molecule has 1 aliphatic rings. The molecule has 1 N–H and O–H groups in total. The number of aryl methyl sites for hydroxylation is 1. The molecular formula is C17H19BrN2O. The first-order valence-electron chi connectivity index (χ1n) is 7.28. The summed E-state index contributed by atoms with van der Waals surface area (Å²) in [5, 5.41) is 3.53. The molecular weight excluding hydrogens is 328 g/mol. The highest BCUT2D eigenvalue weighted by molar-refractivity contribution is 9.10. The minimum absolute atomic E-state index is 0.487. The van der Waals surface area contributed by atoms with E-state index in [1.54, 1.807) is 0 Å². The second kappa shape index (κ2) is 6.58. The summed E-state index contributed by atoms with van der Waals surface area (Å²) >= 11 is 3.58. The van der Waals surface area contributed by atoms with Crippen LogP contribution in [0.5, 0.6) is 5.75 Å². The predicted molar refractivity (Wildman–Crippen MR) is 87.3 cm³/mol. The van der Waals surface area contributed by atoms with Gasteiger partial charge in [-0.1, -0.05) is 18.2 Å². The summed E-state index contributed by atoms with van der Waals surface area (Å²) in [6.07, 6.45) is 2.58. The molecule has 0 radical (unpaired) electrons. The van der Waals surface area contributed by atoms with Crippen LogP contribution in [0.4, 0.5) is 0 Å². The largest absolute Gasteiger partial charge is 0.486 e.